The summed E-state index contributed by atoms with van der Waals surface area (Å²) in [6.45, 7) is 7.30. The molecule has 0 saturated heterocycles. The normalized spacial score (nSPS) is 12.7. The standard InChI is InChI=1S/C13H16BrN3S/c1-4-15-8(2)12-9(3)17-13(18-12)11-10(14)6-5-7-16-11/h5-8,15H,4H2,1-3H3. The number of aromatic nitrogens is 2. The van der Waals surface area contributed by atoms with Gasteiger partial charge >= 0.3 is 0 Å². The molecule has 1 atom stereocenters. The first-order valence-corrected chi connectivity index (χ1v) is 7.56. The maximum atomic E-state index is 4.63. The Morgan fingerprint density at radius 3 is 2.94 bits per heavy atom. The van der Waals surface area contributed by atoms with E-state index in [4.69, 9.17) is 0 Å². The Kier molecular flexibility index (Phi) is 4.48. The minimum absolute atomic E-state index is 0.337. The summed E-state index contributed by atoms with van der Waals surface area (Å²) in [7, 11) is 0. The van der Waals surface area contributed by atoms with Gasteiger partial charge in [0.1, 0.15) is 10.7 Å². The molecule has 0 radical (unpaired) electrons. The van der Waals surface area contributed by atoms with E-state index in [0.29, 0.717) is 6.04 Å². The summed E-state index contributed by atoms with van der Waals surface area (Å²) in [6, 6.07) is 4.24. The largest absolute Gasteiger partial charge is 0.310 e. The fourth-order valence-corrected chi connectivity index (χ4v) is 3.53. The van der Waals surface area contributed by atoms with E-state index in [9.17, 15) is 0 Å². The van der Waals surface area contributed by atoms with Crippen molar-refractivity contribution in [2.45, 2.75) is 26.8 Å². The van der Waals surface area contributed by atoms with Crippen molar-refractivity contribution < 1.29 is 0 Å². The first-order valence-electron chi connectivity index (χ1n) is 5.95. The quantitative estimate of drug-likeness (QED) is 0.924. The predicted molar refractivity (Wildman–Crippen MR) is 79.9 cm³/mol. The van der Waals surface area contributed by atoms with Crippen LogP contribution in [-0.4, -0.2) is 16.5 Å². The third kappa shape index (κ3) is 2.79. The first-order chi connectivity index (χ1) is 8.63. The molecule has 3 nitrogen and oxygen atoms in total. The van der Waals surface area contributed by atoms with Gasteiger partial charge in [-0.25, -0.2) is 4.98 Å². The second-order valence-electron chi connectivity index (χ2n) is 4.08. The molecule has 0 aliphatic rings. The molecule has 0 aromatic carbocycles. The number of nitrogens with zero attached hydrogens (tertiary/aromatic N) is 2. The number of halogens is 1. The molecule has 2 rings (SSSR count). The number of hydrogen-bond acceptors (Lipinski definition) is 4. The van der Waals surface area contributed by atoms with Crippen molar-refractivity contribution in [2.24, 2.45) is 0 Å². The Morgan fingerprint density at radius 2 is 2.28 bits per heavy atom. The average molecular weight is 326 g/mol. The van der Waals surface area contributed by atoms with Gasteiger partial charge < -0.3 is 5.32 Å². The van der Waals surface area contributed by atoms with Crippen LogP contribution in [0.15, 0.2) is 22.8 Å². The van der Waals surface area contributed by atoms with Crippen molar-refractivity contribution in [3.8, 4) is 10.7 Å². The lowest BCUT2D eigenvalue weighted by molar-refractivity contribution is 0.603. The molecular formula is C13H16BrN3S. The van der Waals surface area contributed by atoms with Gasteiger partial charge in [-0.05, 0) is 48.5 Å². The molecule has 0 fully saturated rings. The summed E-state index contributed by atoms with van der Waals surface area (Å²) in [5, 5.41) is 4.39. The molecule has 96 valence electrons. The zero-order valence-electron chi connectivity index (χ0n) is 10.7. The fraction of sp³-hybridized carbons (Fsp3) is 0.385. The van der Waals surface area contributed by atoms with E-state index in [1.165, 1.54) is 4.88 Å². The maximum Gasteiger partial charge on any atom is 0.143 e. The van der Waals surface area contributed by atoms with Crippen molar-refractivity contribution >= 4 is 27.3 Å². The van der Waals surface area contributed by atoms with Gasteiger partial charge in [-0.1, -0.05) is 6.92 Å². The zero-order valence-corrected chi connectivity index (χ0v) is 13.1. The average Bonchev–Trinajstić information content (AvgIpc) is 2.72. The van der Waals surface area contributed by atoms with E-state index in [1.54, 1.807) is 17.5 Å². The first kappa shape index (κ1) is 13.6. The third-order valence-corrected chi connectivity index (χ3v) is 4.68. The lowest BCUT2D eigenvalue weighted by Gasteiger charge is -2.09. The van der Waals surface area contributed by atoms with Crippen LogP contribution in [0.2, 0.25) is 0 Å². The molecule has 0 bridgehead atoms. The number of aryl methyl sites for hydroxylation is 1. The molecule has 0 aliphatic heterocycles. The van der Waals surface area contributed by atoms with Crippen LogP contribution in [0.25, 0.3) is 10.7 Å². The molecule has 0 aliphatic carbocycles. The molecule has 5 heteroatoms. The van der Waals surface area contributed by atoms with E-state index >= 15 is 0 Å². The van der Waals surface area contributed by atoms with Crippen molar-refractivity contribution in [1.29, 1.82) is 0 Å². The van der Waals surface area contributed by atoms with Gasteiger partial charge in [0.15, 0.2) is 0 Å². The van der Waals surface area contributed by atoms with Crippen LogP contribution in [-0.2, 0) is 0 Å². The highest BCUT2D eigenvalue weighted by Gasteiger charge is 2.16. The minimum Gasteiger partial charge on any atom is -0.310 e. The molecular weight excluding hydrogens is 310 g/mol. The summed E-state index contributed by atoms with van der Waals surface area (Å²) >= 11 is 5.23. The molecule has 0 amide bonds. The zero-order chi connectivity index (χ0) is 13.1. The summed E-state index contributed by atoms with van der Waals surface area (Å²) in [5.74, 6) is 0. The van der Waals surface area contributed by atoms with Gasteiger partial charge in [0.05, 0.1) is 5.69 Å². The van der Waals surface area contributed by atoms with E-state index in [-0.39, 0.29) is 0 Å². The molecule has 1 N–H and O–H groups in total. The van der Waals surface area contributed by atoms with E-state index in [1.807, 2.05) is 12.1 Å². The van der Waals surface area contributed by atoms with E-state index in [2.05, 4.69) is 52.0 Å². The monoisotopic (exact) mass is 325 g/mol. The van der Waals surface area contributed by atoms with Crippen molar-refractivity contribution in [3.05, 3.63) is 33.4 Å². The molecule has 2 aromatic heterocycles. The van der Waals surface area contributed by atoms with E-state index in [0.717, 1.165) is 27.4 Å². The van der Waals surface area contributed by atoms with Crippen LogP contribution < -0.4 is 5.32 Å². The lowest BCUT2D eigenvalue weighted by atomic mass is 10.2. The summed E-state index contributed by atoms with van der Waals surface area (Å²) in [4.78, 5) is 10.3. The highest BCUT2D eigenvalue weighted by atomic mass is 79.9. The predicted octanol–water partition coefficient (Wildman–Crippen LogP) is 3.95. The Hall–Kier alpha value is -0.780. The van der Waals surface area contributed by atoms with Gasteiger partial charge in [-0.2, -0.15) is 0 Å². The van der Waals surface area contributed by atoms with Crippen molar-refractivity contribution in [3.63, 3.8) is 0 Å². The molecule has 0 saturated carbocycles. The van der Waals surface area contributed by atoms with Crippen molar-refractivity contribution in [2.75, 3.05) is 6.54 Å². The van der Waals surface area contributed by atoms with E-state index < -0.39 is 0 Å². The Labute approximate surface area is 120 Å². The van der Waals surface area contributed by atoms with Gasteiger partial charge in [0.25, 0.3) is 0 Å². The Bertz CT molecular complexity index is 539. The van der Waals surface area contributed by atoms with Gasteiger partial charge in [0, 0.05) is 21.6 Å². The molecule has 2 heterocycles. The van der Waals surface area contributed by atoms with Crippen LogP contribution in [0.3, 0.4) is 0 Å². The molecule has 0 spiro atoms. The number of rotatable bonds is 4. The smallest absolute Gasteiger partial charge is 0.143 e. The topological polar surface area (TPSA) is 37.8 Å². The fourth-order valence-electron chi connectivity index (χ4n) is 1.85. The summed E-state index contributed by atoms with van der Waals surface area (Å²) < 4.78 is 0.987. The highest BCUT2D eigenvalue weighted by molar-refractivity contribution is 9.10. The van der Waals surface area contributed by atoms with Crippen molar-refractivity contribution in [1.82, 2.24) is 15.3 Å². The maximum absolute atomic E-state index is 4.63. The van der Waals surface area contributed by atoms with Crippen LogP contribution >= 0.6 is 27.3 Å². The summed E-state index contributed by atoms with van der Waals surface area (Å²) in [6.07, 6.45) is 1.80. The SMILES string of the molecule is CCNC(C)c1sc(-c2ncccc2Br)nc1C. The van der Waals surface area contributed by atoms with Crippen LogP contribution in [0.5, 0.6) is 0 Å². The number of nitrogens with one attached hydrogen (secondary N) is 1. The lowest BCUT2D eigenvalue weighted by Crippen LogP contribution is -2.17. The van der Waals surface area contributed by atoms with Gasteiger partial charge in [-0.15, -0.1) is 11.3 Å². The van der Waals surface area contributed by atoms with Gasteiger partial charge in [-0.3, -0.25) is 4.98 Å². The Morgan fingerprint density at radius 1 is 1.50 bits per heavy atom. The third-order valence-electron chi connectivity index (χ3n) is 2.70. The summed E-state index contributed by atoms with van der Waals surface area (Å²) in [5.41, 5.74) is 2.00. The second-order valence-corrected chi connectivity index (χ2v) is 5.97. The Balaban J connectivity index is 2.37. The van der Waals surface area contributed by atoms with Crippen LogP contribution in [0.4, 0.5) is 0 Å². The highest BCUT2D eigenvalue weighted by Crippen LogP contribution is 2.33. The number of hydrogen-bond donors (Lipinski definition) is 1. The molecule has 2 aromatic rings. The second kappa shape index (κ2) is 5.91. The molecule has 18 heavy (non-hydrogen) atoms. The number of thiazole rings is 1. The van der Waals surface area contributed by atoms with Crippen LogP contribution in [0, 0.1) is 6.92 Å². The molecule has 1 unspecified atom stereocenters. The van der Waals surface area contributed by atoms with Crippen LogP contribution in [0.1, 0.15) is 30.5 Å². The number of pyridine rings is 1. The minimum atomic E-state index is 0.337. The van der Waals surface area contributed by atoms with Gasteiger partial charge in [0.2, 0.25) is 0 Å².